The van der Waals surface area contributed by atoms with Crippen LogP contribution in [-0.2, 0) is 0 Å². The SMILES string of the molecule is CCN(CC)CCC[C@H](C)Nc1cc(Cl)nc2ccccc12. The topological polar surface area (TPSA) is 28.2 Å². The maximum Gasteiger partial charge on any atom is 0.131 e. The molecule has 1 aromatic carbocycles. The first-order chi connectivity index (χ1) is 10.6. The van der Waals surface area contributed by atoms with Gasteiger partial charge in [-0.1, -0.05) is 43.6 Å². The second-order valence-electron chi connectivity index (χ2n) is 5.72. The second kappa shape index (κ2) is 8.35. The molecule has 3 nitrogen and oxygen atoms in total. The van der Waals surface area contributed by atoms with Gasteiger partial charge in [-0.15, -0.1) is 0 Å². The number of para-hydroxylation sites is 1. The monoisotopic (exact) mass is 319 g/mol. The Labute approximate surface area is 138 Å². The summed E-state index contributed by atoms with van der Waals surface area (Å²) in [6.45, 7) is 10.1. The number of fused-ring (bicyclic) bond motifs is 1. The smallest absolute Gasteiger partial charge is 0.131 e. The van der Waals surface area contributed by atoms with Crippen molar-refractivity contribution in [3.05, 3.63) is 35.5 Å². The number of hydrogen-bond acceptors (Lipinski definition) is 3. The van der Waals surface area contributed by atoms with E-state index < -0.39 is 0 Å². The zero-order chi connectivity index (χ0) is 15.9. The molecule has 0 saturated heterocycles. The molecule has 0 fully saturated rings. The minimum absolute atomic E-state index is 0.414. The third kappa shape index (κ3) is 4.59. The van der Waals surface area contributed by atoms with E-state index in [0.29, 0.717) is 11.2 Å². The number of anilines is 1. The zero-order valence-corrected chi connectivity index (χ0v) is 14.5. The summed E-state index contributed by atoms with van der Waals surface area (Å²) in [6, 6.07) is 10.4. The highest BCUT2D eigenvalue weighted by Gasteiger charge is 2.08. The Morgan fingerprint density at radius 2 is 1.95 bits per heavy atom. The number of hydrogen-bond donors (Lipinski definition) is 1. The van der Waals surface area contributed by atoms with Gasteiger partial charge in [0.2, 0.25) is 0 Å². The van der Waals surface area contributed by atoms with E-state index >= 15 is 0 Å². The molecule has 0 aliphatic rings. The Hall–Kier alpha value is -1.32. The summed E-state index contributed by atoms with van der Waals surface area (Å²) in [5.74, 6) is 0. The Morgan fingerprint density at radius 3 is 2.68 bits per heavy atom. The number of aromatic nitrogens is 1. The lowest BCUT2D eigenvalue weighted by Gasteiger charge is -2.21. The summed E-state index contributed by atoms with van der Waals surface area (Å²) in [5.41, 5.74) is 2.01. The third-order valence-electron chi connectivity index (χ3n) is 4.09. The average molecular weight is 320 g/mol. The zero-order valence-electron chi connectivity index (χ0n) is 13.8. The van der Waals surface area contributed by atoms with E-state index in [1.807, 2.05) is 24.3 Å². The van der Waals surface area contributed by atoms with Crippen molar-refractivity contribution in [1.82, 2.24) is 9.88 Å². The highest BCUT2D eigenvalue weighted by atomic mass is 35.5. The number of pyridine rings is 1. The Morgan fingerprint density at radius 1 is 1.23 bits per heavy atom. The molecule has 1 atom stereocenters. The summed E-state index contributed by atoms with van der Waals surface area (Å²) in [4.78, 5) is 6.83. The fourth-order valence-electron chi connectivity index (χ4n) is 2.76. The molecule has 0 radical (unpaired) electrons. The van der Waals surface area contributed by atoms with Crippen LogP contribution in [0.4, 0.5) is 5.69 Å². The van der Waals surface area contributed by atoms with Crippen LogP contribution in [0.15, 0.2) is 30.3 Å². The van der Waals surface area contributed by atoms with Gasteiger partial charge in [0.15, 0.2) is 0 Å². The lowest BCUT2D eigenvalue weighted by Crippen LogP contribution is -2.25. The summed E-state index contributed by atoms with van der Waals surface area (Å²) in [7, 11) is 0. The van der Waals surface area contributed by atoms with E-state index in [-0.39, 0.29) is 0 Å². The molecule has 1 heterocycles. The van der Waals surface area contributed by atoms with Crippen molar-refractivity contribution < 1.29 is 0 Å². The lowest BCUT2D eigenvalue weighted by atomic mass is 10.1. The fraction of sp³-hybridized carbons (Fsp3) is 0.500. The number of benzene rings is 1. The molecule has 2 aromatic rings. The van der Waals surface area contributed by atoms with Crippen molar-refractivity contribution in [2.75, 3.05) is 25.0 Å². The number of nitrogens with zero attached hydrogens (tertiary/aromatic N) is 2. The van der Waals surface area contributed by atoms with Crippen LogP contribution in [0.25, 0.3) is 10.9 Å². The molecule has 0 bridgehead atoms. The van der Waals surface area contributed by atoms with Crippen molar-refractivity contribution in [3.8, 4) is 0 Å². The largest absolute Gasteiger partial charge is 0.382 e. The first-order valence-electron chi connectivity index (χ1n) is 8.18. The molecule has 0 unspecified atom stereocenters. The maximum atomic E-state index is 6.13. The minimum atomic E-state index is 0.414. The molecule has 1 aromatic heterocycles. The van der Waals surface area contributed by atoms with E-state index in [2.05, 4.69) is 42.0 Å². The molecule has 0 aliphatic carbocycles. The van der Waals surface area contributed by atoms with Crippen molar-refractivity contribution >= 4 is 28.2 Å². The Kier molecular flexibility index (Phi) is 6.47. The first kappa shape index (κ1) is 17.0. The predicted octanol–water partition coefficient (Wildman–Crippen LogP) is 4.81. The van der Waals surface area contributed by atoms with Crippen LogP contribution >= 0.6 is 11.6 Å². The van der Waals surface area contributed by atoms with Gasteiger partial charge in [0, 0.05) is 17.1 Å². The minimum Gasteiger partial charge on any atom is -0.382 e. The molecule has 120 valence electrons. The van der Waals surface area contributed by atoms with Gasteiger partial charge in [-0.05, 0) is 51.5 Å². The van der Waals surface area contributed by atoms with E-state index in [9.17, 15) is 0 Å². The van der Waals surface area contributed by atoms with E-state index in [1.54, 1.807) is 0 Å². The van der Waals surface area contributed by atoms with Gasteiger partial charge < -0.3 is 10.2 Å². The van der Waals surface area contributed by atoms with Gasteiger partial charge in [0.1, 0.15) is 5.15 Å². The second-order valence-corrected chi connectivity index (χ2v) is 6.11. The fourth-order valence-corrected chi connectivity index (χ4v) is 2.96. The van der Waals surface area contributed by atoms with Crippen molar-refractivity contribution in [1.29, 1.82) is 0 Å². The number of rotatable bonds is 8. The summed E-state index contributed by atoms with van der Waals surface area (Å²) in [5, 5.41) is 5.26. The van der Waals surface area contributed by atoms with Gasteiger partial charge in [-0.3, -0.25) is 0 Å². The summed E-state index contributed by atoms with van der Waals surface area (Å²) >= 11 is 6.13. The van der Waals surface area contributed by atoms with E-state index in [4.69, 9.17) is 11.6 Å². The van der Waals surface area contributed by atoms with E-state index in [0.717, 1.165) is 42.6 Å². The molecule has 0 spiro atoms. The van der Waals surface area contributed by atoms with Crippen LogP contribution in [0, 0.1) is 0 Å². The molecule has 0 amide bonds. The van der Waals surface area contributed by atoms with Crippen LogP contribution in [0.3, 0.4) is 0 Å². The molecule has 0 saturated carbocycles. The molecule has 0 aliphatic heterocycles. The first-order valence-corrected chi connectivity index (χ1v) is 8.56. The van der Waals surface area contributed by atoms with Gasteiger partial charge in [-0.2, -0.15) is 0 Å². The van der Waals surface area contributed by atoms with Gasteiger partial charge in [-0.25, -0.2) is 4.98 Å². The third-order valence-corrected chi connectivity index (χ3v) is 4.29. The molecular formula is C18H26ClN3. The van der Waals surface area contributed by atoms with Crippen LogP contribution in [-0.4, -0.2) is 35.6 Å². The number of nitrogens with one attached hydrogen (secondary N) is 1. The van der Waals surface area contributed by atoms with E-state index in [1.165, 1.54) is 6.42 Å². The van der Waals surface area contributed by atoms with Crippen LogP contribution in [0.2, 0.25) is 5.15 Å². The average Bonchev–Trinajstić information content (AvgIpc) is 2.51. The predicted molar refractivity (Wildman–Crippen MR) is 96.9 cm³/mol. The van der Waals surface area contributed by atoms with Crippen molar-refractivity contribution in [2.45, 2.75) is 39.7 Å². The highest BCUT2D eigenvalue weighted by molar-refractivity contribution is 6.30. The molecule has 22 heavy (non-hydrogen) atoms. The molecular weight excluding hydrogens is 294 g/mol. The molecule has 2 rings (SSSR count). The van der Waals surface area contributed by atoms with Gasteiger partial charge >= 0.3 is 0 Å². The van der Waals surface area contributed by atoms with Crippen LogP contribution in [0.1, 0.15) is 33.6 Å². The maximum absolute atomic E-state index is 6.13. The number of halogens is 1. The molecule has 4 heteroatoms. The molecule has 1 N–H and O–H groups in total. The summed E-state index contributed by atoms with van der Waals surface area (Å²) < 4.78 is 0. The highest BCUT2D eigenvalue weighted by Crippen LogP contribution is 2.26. The van der Waals surface area contributed by atoms with Crippen molar-refractivity contribution in [2.24, 2.45) is 0 Å². The van der Waals surface area contributed by atoms with Gasteiger partial charge in [0.05, 0.1) is 5.52 Å². The van der Waals surface area contributed by atoms with Crippen molar-refractivity contribution in [3.63, 3.8) is 0 Å². The normalized spacial score (nSPS) is 12.8. The Balaban J connectivity index is 1.98. The lowest BCUT2D eigenvalue weighted by molar-refractivity contribution is 0.295. The van der Waals surface area contributed by atoms with Crippen LogP contribution < -0.4 is 5.32 Å². The van der Waals surface area contributed by atoms with Gasteiger partial charge in [0.25, 0.3) is 0 Å². The quantitative estimate of drug-likeness (QED) is 0.708. The standard InChI is InChI=1S/C18H26ClN3/c1-4-22(5-2)12-8-9-14(3)20-17-13-18(19)21-16-11-7-6-10-15(16)17/h6-7,10-11,13-14H,4-5,8-9,12H2,1-3H3,(H,20,21)/t14-/m0/s1. The Bertz CT molecular complexity index is 596. The summed E-state index contributed by atoms with van der Waals surface area (Å²) in [6.07, 6.45) is 2.34. The van der Waals surface area contributed by atoms with Crippen LogP contribution in [0.5, 0.6) is 0 Å².